The molecule has 0 unspecified atom stereocenters. The molecule has 1 aromatic heterocycles. The monoisotopic (exact) mass is 433 g/mol. The molecule has 0 N–H and O–H groups in total. The van der Waals surface area contributed by atoms with E-state index in [9.17, 15) is 9.59 Å². The zero-order chi connectivity index (χ0) is 22.7. The molecule has 0 radical (unpaired) electrons. The molecule has 1 aliphatic rings. The fourth-order valence-electron chi connectivity index (χ4n) is 3.82. The summed E-state index contributed by atoms with van der Waals surface area (Å²) >= 11 is 0. The maximum absolute atomic E-state index is 12.9. The number of hydrogen-bond donors (Lipinski definition) is 0. The van der Waals surface area contributed by atoms with Crippen LogP contribution >= 0.6 is 0 Å². The van der Waals surface area contributed by atoms with Gasteiger partial charge in [0.05, 0.1) is 24.5 Å². The molecule has 32 heavy (non-hydrogen) atoms. The zero-order valence-corrected chi connectivity index (χ0v) is 18.6. The largest absolute Gasteiger partial charge is 0.484 e. The zero-order valence-electron chi connectivity index (χ0n) is 18.6. The van der Waals surface area contributed by atoms with Gasteiger partial charge in [-0.2, -0.15) is 5.10 Å². The lowest BCUT2D eigenvalue weighted by Gasteiger charge is -2.28. The molecule has 4 rings (SSSR count). The summed E-state index contributed by atoms with van der Waals surface area (Å²) in [4.78, 5) is 27.2. The van der Waals surface area contributed by atoms with Gasteiger partial charge in [-0.3, -0.25) is 4.79 Å². The van der Waals surface area contributed by atoms with Crippen molar-refractivity contribution in [2.75, 3.05) is 19.8 Å². The molecule has 2 heterocycles. The molecule has 2 aromatic carbocycles. The maximum Gasteiger partial charge on any atom is 0.359 e. The van der Waals surface area contributed by atoms with Crippen molar-refractivity contribution in [2.24, 2.45) is 0 Å². The number of hydrogen-bond acceptors (Lipinski definition) is 5. The number of amides is 1. The van der Waals surface area contributed by atoms with E-state index >= 15 is 0 Å². The smallest absolute Gasteiger partial charge is 0.359 e. The van der Waals surface area contributed by atoms with Crippen LogP contribution in [0.3, 0.4) is 0 Å². The molecule has 0 atom stereocenters. The van der Waals surface area contributed by atoms with E-state index in [0.717, 1.165) is 22.5 Å². The molecule has 3 aromatic rings. The summed E-state index contributed by atoms with van der Waals surface area (Å²) in [6, 6.07) is 15.4. The molecule has 166 valence electrons. The van der Waals surface area contributed by atoms with Crippen molar-refractivity contribution < 1.29 is 19.1 Å². The summed E-state index contributed by atoms with van der Waals surface area (Å²) in [5.74, 6) is 0.0681. The Morgan fingerprint density at radius 2 is 1.84 bits per heavy atom. The van der Waals surface area contributed by atoms with Crippen LogP contribution in [0.2, 0.25) is 0 Å². The Bertz CT molecular complexity index is 1140. The SMILES string of the molecule is CCOC(=O)c1nn(-c2ccccc2)c2c1CN(C(=O)COc1ccc(C)c(C)c1)CC2. The van der Waals surface area contributed by atoms with Crippen molar-refractivity contribution in [2.45, 2.75) is 33.7 Å². The standard InChI is InChI=1S/C25H27N3O4/c1-4-31-25(30)24-21-15-27(23(29)16-32-20-11-10-17(2)18(3)14-20)13-12-22(21)28(26-24)19-8-6-5-7-9-19/h5-11,14H,4,12-13,15-16H2,1-3H3. The normalized spacial score (nSPS) is 12.9. The number of carbonyl (C=O) groups excluding carboxylic acids is 2. The molecule has 0 fully saturated rings. The van der Waals surface area contributed by atoms with Crippen LogP contribution in [0.15, 0.2) is 48.5 Å². The quantitative estimate of drug-likeness (QED) is 0.555. The molecule has 0 saturated heterocycles. The average molecular weight is 434 g/mol. The summed E-state index contributed by atoms with van der Waals surface area (Å²) in [5.41, 5.74) is 5.09. The lowest BCUT2D eigenvalue weighted by molar-refractivity contribution is -0.134. The number of aromatic nitrogens is 2. The molecule has 7 nitrogen and oxygen atoms in total. The minimum atomic E-state index is -0.473. The number of aryl methyl sites for hydroxylation is 2. The van der Waals surface area contributed by atoms with Gasteiger partial charge in [-0.25, -0.2) is 9.48 Å². The van der Waals surface area contributed by atoms with Gasteiger partial charge in [-0.15, -0.1) is 0 Å². The highest BCUT2D eigenvalue weighted by molar-refractivity contribution is 5.90. The summed E-state index contributed by atoms with van der Waals surface area (Å²) in [6.07, 6.45) is 0.589. The van der Waals surface area contributed by atoms with Crippen LogP contribution in [0.25, 0.3) is 5.69 Å². The van der Waals surface area contributed by atoms with E-state index in [1.165, 1.54) is 5.56 Å². The van der Waals surface area contributed by atoms with Gasteiger partial charge in [0, 0.05) is 18.5 Å². The highest BCUT2D eigenvalue weighted by atomic mass is 16.5. The Morgan fingerprint density at radius 3 is 2.56 bits per heavy atom. The number of rotatable bonds is 6. The second kappa shape index (κ2) is 9.26. The van der Waals surface area contributed by atoms with Gasteiger partial charge in [0.1, 0.15) is 5.75 Å². The minimum absolute atomic E-state index is 0.0562. The van der Waals surface area contributed by atoms with Crippen molar-refractivity contribution in [3.8, 4) is 11.4 Å². The lowest BCUT2D eigenvalue weighted by Crippen LogP contribution is -2.39. The first-order chi connectivity index (χ1) is 15.5. The Hall–Kier alpha value is -3.61. The number of esters is 1. The molecule has 1 amide bonds. The summed E-state index contributed by atoms with van der Waals surface area (Å²) in [6.45, 7) is 6.84. The first kappa shape index (κ1) is 21.6. The highest BCUT2D eigenvalue weighted by Gasteiger charge is 2.31. The van der Waals surface area contributed by atoms with Gasteiger partial charge in [0.2, 0.25) is 0 Å². The van der Waals surface area contributed by atoms with Crippen molar-refractivity contribution in [3.05, 3.63) is 76.6 Å². The summed E-state index contributed by atoms with van der Waals surface area (Å²) in [5, 5.41) is 4.56. The topological polar surface area (TPSA) is 73.7 Å². The Balaban J connectivity index is 1.55. The fourth-order valence-corrected chi connectivity index (χ4v) is 3.82. The predicted molar refractivity (Wildman–Crippen MR) is 120 cm³/mol. The summed E-state index contributed by atoms with van der Waals surface area (Å²) in [7, 11) is 0. The Labute approximate surface area is 187 Å². The van der Waals surface area contributed by atoms with Crippen LogP contribution in [-0.2, 0) is 22.5 Å². The van der Waals surface area contributed by atoms with E-state index in [-0.39, 0.29) is 24.8 Å². The molecular weight excluding hydrogens is 406 g/mol. The van der Waals surface area contributed by atoms with E-state index in [0.29, 0.717) is 25.3 Å². The molecule has 0 saturated carbocycles. The summed E-state index contributed by atoms with van der Waals surface area (Å²) < 4.78 is 12.7. The molecular formula is C25H27N3O4. The molecule has 0 spiro atoms. The minimum Gasteiger partial charge on any atom is -0.484 e. The molecule has 1 aliphatic heterocycles. The van der Waals surface area contributed by atoms with Crippen molar-refractivity contribution in [1.82, 2.24) is 14.7 Å². The predicted octanol–water partition coefficient (Wildman–Crippen LogP) is 3.63. The van der Waals surface area contributed by atoms with Crippen molar-refractivity contribution in [1.29, 1.82) is 0 Å². The number of ether oxygens (including phenoxy) is 2. The molecule has 0 aliphatic carbocycles. The van der Waals surface area contributed by atoms with Gasteiger partial charge in [0.25, 0.3) is 5.91 Å². The van der Waals surface area contributed by atoms with Crippen LogP contribution in [0.4, 0.5) is 0 Å². The number of carbonyl (C=O) groups is 2. The third kappa shape index (κ3) is 4.37. The van der Waals surface area contributed by atoms with Gasteiger partial charge in [0.15, 0.2) is 12.3 Å². The second-order valence-corrected chi connectivity index (χ2v) is 7.84. The third-order valence-electron chi connectivity index (χ3n) is 5.72. The number of nitrogens with zero attached hydrogens (tertiary/aromatic N) is 3. The first-order valence-electron chi connectivity index (χ1n) is 10.8. The third-order valence-corrected chi connectivity index (χ3v) is 5.72. The number of fused-ring (bicyclic) bond motifs is 1. The first-order valence-corrected chi connectivity index (χ1v) is 10.8. The maximum atomic E-state index is 12.9. The van der Waals surface area contributed by atoms with Crippen LogP contribution in [0.5, 0.6) is 5.75 Å². The number of para-hydroxylation sites is 1. The highest BCUT2D eigenvalue weighted by Crippen LogP contribution is 2.26. The number of benzene rings is 2. The van der Waals surface area contributed by atoms with E-state index in [4.69, 9.17) is 9.47 Å². The fraction of sp³-hybridized carbons (Fsp3) is 0.320. The van der Waals surface area contributed by atoms with Crippen molar-refractivity contribution >= 4 is 11.9 Å². The lowest BCUT2D eigenvalue weighted by atomic mass is 10.0. The molecule has 7 heteroatoms. The second-order valence-electron chi connectivity index (χ2n) is 7.84. The van der Waals surface area contributed by atoms with E-state index < -0.39 is 5.97 Å². The van der Waals surface area contributed by atoms with Gasteiger partial charge >= 0.3 is 5.97 Å². The van der Waals surface area contributed by atoms with Crippen LogP contribution in [-0.4, -0.2) is 46.3 Å². The van der Waals surface area contributed by atoms with E-state index in [1.54, 1.807) is 16.5 Å². The van der Waals surface area contributed by atoms with Gasteiger partial charge in [-0.1, -0.05) is 24.3 Å². The van der Waals surface area contributed by atoms with Crippen LogP contribution in [0.1, 0.15) is 39.8 Å². The van der Waals surface area contributed by atoms with Crippen LogP contribution in [0, 0.1) is 13.8 Å². The van der Waals surface area contributed by atoms with E-state index in [2.05, 4.69) is 5.10 Å². The molecule has 0 bridgehead atoms. The van der Waals surface area contributed by atoms with E-state index in [1.807, 2.05) is 62.4 Å². The van der Waals surface area contributed by atoms with Crippen LogP contribution < -0.4 is 4.74 Å². The Kier molecular flexibility index (Phi) is 6.25. The van der Waals surface area contributed by atoms with Gasteiger partial charge in [-0.05, 0) is 56.2 Å². The average Bonchev–Trinajstić information content (AvgIpc) is 3.19. The van der Waals surface area contributed by atoms with Gasteiger partial charge < -0.3 is 14.4 Å². The van der Waals surface area contributed by atoms with Crippen molar-refractivity contribution in [3.63, 3.8) is 0 Å². The Morgan fingerprint density at radius 1 is 1.06 bits per heavy atom.